The third kappa shape index (κ3) is 4.43. The first-order valence-corrected chi connectivity index (χ1v) is 6.83. The lowest BCUT2D eigenvalue weighted by atomic mass is 10.1. The minimum absolute atomic E-state index is 0.269. The summed E-state index contributed by atoms with van der Waals surface area (Å²) in [6.07, 6.45) is -4.73. The highest BCUT2D eigenvalue weighted by Gasteiger charge is 2.33. The highest BCUT2D eigenvalue weighted by molar-refractivity contribution is 5.89. The molecule has 0 aliphatic carbocycles. The first-order chi connectivity index (χ1) is 11.2. The minimum Gasteiger partial charge on any atom is -0.334 e. The predicted molar refractivity (Wildman–Crippen MR) is 78.4 cm³/mol. The molecule has 8 heteroatoms. The number of alkyl halides is 3. The van der Waals surface area contributed by atoms with Crippen molar-refractivity contribution >= 4 is 11.7 Å². The second kappa shape index (κ2) is 6.86. The Kier molecular flexibility index (Phi) is 5.06. The van der Waals surface area contributed by atoms with E-state index in [1.807, 2.05) is 0 Å². The fraction of sp³-hybridized carbons (Fsp3) is 0.188. The summed E-state index contributed by atoms with van der Waals surface area (Å²) in [6.45, 7) is 1.06. The van der Waals surface area contributed by atoms with Crippen LogP contribution in [-0.4, -0.2) is 6.03 Å². The van der Waals surface area contributed by atoms with Crippen molar-refractivity contribution in [3.63, 3.8) is 0 Å². The maximum Gasteiger partial charge on any atom is 0.416 e. The number of carbonyl (C=O) groups is 1. The van der Waals surface area contributed by atoms with Crippen molar-refractivity contribution in [2.24, 2.45) is 0 Å². The average Bonchev–Trinajstić information content (AvgIpc) is 2.49. The molecule has 2 aromatic carbocycles. The van der Waals surface area contributed by atoms with E-state index in [9.17, 15) is 26.7 Å². The van der Waals surface area contributed by atoms with Gasteiger partial charge >= 0.3 is 12.2 Å². The van der Waals surface area contributed by atoms with Gasteiger partial charge in [-0.25, -0.2) is 13.6 Å². The van der Waals surface area contributed by atoms with Gasteiger partial charge in [-0.3, -0.25) is 0 Å². The monoisotopic (exact) mass is 344 g/mol. The van der Waals surface area contributed by atoms with Crippen LogP contribution in [0.4, 0.5) is 32.4 Å². The summed E-state index contributed by atoms with van der Waals surface area (Å²) in [5, 5.41) is 4.62. The number of benzene rings is 2. The summed E-state index contributed by atoms with van der Waals surface area (Å²) in [6, 6.07) is 5.31. The standard InChI is InChI=1S/C16H13F5N2O/c1-9-6-12(4-5-14(9)18)23-15(24)22-8-10-2-3-11(17)7-13(10)16(19,20)21/h2-7H,8H2,1H3,(H2,22,23,24). The van der Waals surface area contributed by atoms with E-state index in [0.29, 0.717) is 17.3 Å². The second-order valence-corrected chi connectivity index (χ2v) is 5.07. The average molecular weight is 344 g/mol. The Bertz CT molecular complexity index is 759. The van der Waals surface area contributed by atoms with Crippen LogP contribution in [0, 0.1) is 18.6 Å². The van der Waals surface area contributed by atoms with Crippen molar-refractivity contribution in [3.8, 4) is 0 Å². The second-order valence-electron chi connectivity index (χ2n) is 5.07. The van der Waals surface area contributed by atoms with Crippen molar-refractivity contribution in [1.29, 1.82) is 0 Å². The van der Waals surface area contributed by atoms with Crippen molar-refractivity contribution in [2.45, 2.75) is 19.6 Å². The largest absolute Gasteiger partial charge is 0.416 e. The van der Waals surface area contributed by atoms with Gasteiger partial charge in [0, 0.05) is 12.2 Å². The maximum atomic E-state index is 13.1. The van der Waals surface area contributed by atoms with Gasteiger partial charge in [-0.15, -0.1) is 0 Å². The minimum atomic E-state index is -4.73. The molecule has 0 bridgehead atoms. The van der Waals surface area contributed by atoms with Crippen LogP contribution in [-0.2, 0) is 12.7 Å². The molecule has 2 aromatic rings. The zero-order valence-electron chi connectivity index (χ0n) is 12.5. The fourth-order valence-corrected chi connectivity index (χ4v) is 2.04. The zero-order valence-corrected chi connectivity index (χ0v) is 12.5. The Morgan fingerprint density at radius 2 is 1.79 bits per heavy atom. The van der Waals surface area contributed by atoms with Gasteiger partial charge < -0.3 is 10.6 Å². The number of anilines is 1. The van der Waals surface area contributed by atoms with E-state index in [2.05, 4.69) is 10.6 Å². The molecule has 0 heterocycles. The van der Waals surface area contributed by atoms with Gasteiger partial charge in [-0.2, -0.15) is 13.2 Å². The smallest absolute Gasteiger partial charge is 0.334 e. The first kappa shape index (κ1) is 17.7. The molecular formula is C16H13F5N2O. The molecule has 0 unspecified atom stereocenters. The van der Waals surface area contributed by atoms with Crippen LogP contribution < -0.4 is 10.6 Å². The lowest BCUT2D eigenvalue weighted by Crippen LogP contribution is -2.29. The quantitative estimate of drug-likeness (QED) is 0.784. The summed E-state index contributed by atoms with van der Waals surface area (Å²) in [7, 11) is 0. The van der Waals surface area contributed by atoms with Crippen LogP contribution in [0.5, 0.6) is 0 Å². The number of carbonyl (C=O) groups excluding carboxylic acids is 1. The predicted octanol–water partition coefficient (Wildman–Crippen LogP) is 4.61. The van der Waals surface area contributed by atoms with E-state index in [1.54, 1.807) is 0 Å². The molecule has 2 N–H and O–H groups in total. The molecular weight excluding hydrogens is 331 g/mol. The van der Waals surface area contributed by atoms with Crippen LogP contribution in [0.15, 0.2) is 36.4 Å². The topological polar surface area (TPSA) is 41.1 Å². The molecule has 0 spiro atoms. The van der Waals surface area contributed by atoms with Gasteiger partial charge in [0.25, 0.3) is 0 Å². The molecule has 0 radical (unpaired) electrons. The maximum absolute atomic E-state index is 13.1. The Hall–Kier alpha value is -2.64. The van der Waals surface area contributed by atoms with Crippen LogP contribution in [0.25, 0.3) is 0 Å². The van der Waals surface area contributed by atoms with E-state index in [1.165, 1.54) is 19.1 Å². The van der Waals surface area contributed by atoms with Crippen molar-refractivity contribution in [1.82, 2.24) is 5.32 Å². The van der Waals surface area contributed by atoms with Crippen LogP contribution >= 0.6 is 0 Å². The number of hydrogen-bond donors (Lipinski definition) is 2. The van der Waals surface area contributed by atoms with Gasteiger partial charge in [0.05, 0.1) is 5.56 Å². The number of nitrogens with one attached hydrogen (secondary N) is 2. The molecule has 0 fully saturated rings. The lowest BCUT2D eigenvalue weighted by Gasteiger charge is -2.14. The van der Waals surface area contributed by atoms with E-state index in [4.69, 9.17) is 0 Å². The molecule has 2 amide bonds. The highest BCUT2D eigenvalue weighted by Crippen LogP contribution is 2.32. The number of hydrogen-bond acceptors (Lipinski definition) is 1. The molecule has 24 heavy (non-hydrogen) atoms. The summed E-state index contributed by atoms with van der Waals surface area (Å²) >= 11 is 0. The van der Waals surface area contributed by atoms with Crippen molar-refractivity contribution < 1.29 is 26.7 Å². The van der Waals surface area contributed by atoms with Gasteiger partial charge in [0.15, 0.2) is 0 Å². The third-order valence-corrected chi connectivity index (χ3v) is 3.23. The van der Waals surface area contributed by atoms with Crippen molar-refractivity contribution in [2.75, 3.05) is 5.32 Å². The highest BCUT2D eigenvalue weighted by atomic mass is 19.4. The summed E-state index contributed by atoms with van der Waals surface area (Å²) in [5.41, 5.74) is -0.818. The normalized spacial score (nSPS) is 11.2. The number of rotatable bonds is 3. The zero-order chi connectivity index (χ0) is 17.9. The number of aryl methyl sites for hydroxylation is 1. The molecule has 0 aliphatic rings. The van der Waals surface area contributed by atoms with Crippen LogP contribution in [0.2, 0.25) is 0 Å². The molecule has 0 aliphatic heterocycles. The molecule has 0 saturated carbocycles. The Labute approximate surface area is 134 Å². The molecule has 0 aromatic heterocycles. The SMILES string of the molecule is Cc1cc(NC(=O)NCc2ccc(F)cc2C(F)(F)F)ccc1F. The van der Waals surface area contributed by atoms with E-state index < -0.39 is 36.0 Å². The third-order valence-electron chi connectivity index (χ3n) is 3.23. The summed E-state index contributed by atoms with van der Waals surface area (Å²) < 4.78 is 64.7. The van der Waals surface area contributed by atoms with Gasteiger partial charge in [-0.05, 0) is 48.4 Å². The Balaban J connectivity index is 2.05. The number of urea groups is 1. The van der Waals surface area contributed by atoms with E-state index >= 15 is 0 Å². The van der Waals surface area contributed by atoms with E-state index in [0.717, 1.165) is 18.2 Å². The Morgan fingerprint density at radius 1 is 1.08 bits per heavy atom. The van der Waals surface area contributed by atoms with Gasteiger partial charge in [0.2, 0.25) is 0 Å². The number of halogens is 5. The fourth-order valence-electron chi connectivity index (χ4n) is 2.04. The van der Waals surface area contributed by atoms with Gasteiger partial charge in [0.1, 0.15) is 11.6 Å². The van der Waals surface area contributed by atoms with Crippen molar-refractivity contribution in [3.05, 3.63) is 64.7 Å². The molecule has 0 saturated heterocycles. The summed E-state index contributed by atoms with van der Waals surface area (Å²) in [5.74, 6) is -1.46. The molecule has 3 nitrogen and oxygen atoms in total. The van der Waals surface area contributed by atoms with E-state index in [-0.39, 0.29) is 5.56 Å². The lowest BCUT2D eigenvalue weighted by molar-refractivity contribution is -0.138. The first-order valence-electron chi connectivity index (χ1n) is 6.83. The molecule has 128 valence electrons. The summed E-state index contributed by atoms with van der Waals surface area (Å²) in [4.78, 5) is 11.7. The van der Waals surface area contributed by atoms with Gasteiger partial charge in [-0.1, -0.05) is 6.07 Å². The Morgan fingerprint density at radius 3 is 2.42 bits per heavy atom. The van der Waals surface area contributed by atoms with Crippen LogP contribution in [0.3, 0.4) is 0 Å². The number of amides is 2. The molecule has 0 atom stereocenters. The van der Waals surface area contributed by atoms with Crippen LogP contribution in [0.1, 0.15) is 16.7 Å². The molecule has 2 rings (SSSR count).